The van der Waals surface area contributed by atoms with E-state index in [2.05, 4.69) is 0 Å². The molecule has 0 aliphatic carbocycles. The average Bonchev–Trinajstić information content (AvgIpc) is 2.04. The molecule has 1 radical (unpaired) electrons. The summed E-state index contributed by atoms with van der Waals surface area (Å²) in [6, 6.07) is 4.22. The Morgan fingerprint density at radius 2 is 2.27 bits per heavy atom. The van der Waals surface area contributed by atoms with Crippen LogP contribution in [0.25, 0.3) is 0 Å². The molecule has 0 saturated carbocycles. The third-order valence-corrected chi connectivity index (χ3v) is 1.35. The number of benzene rings is 1. The zero-order valence-electron chi connectivity index (χ0n) is 6.04. The minimum Gasteiger partial charge on any atom is -0.497 e. The fourth-order valence-electron chi connectivity index (χ4n) is 0.740. The standard InChI is InChI=1S/C7H7BFO2/c1-11-5-2-3-6(8-10)7(9)4-5/h2-4,10H,1H3. The van der Waals surface area contributed by atoms with Crippen LogP contribution in [0.4, 0.5) is 4.39 Å². The van der Waals surface area contributed by atoms with E-state index >= 15 is 0 Å². The van der Waals surface area contributed by atoms with E-state index in [-0.39, 0.29) is 5.46 Å². The minimum atomic E-state index is -0.494. The molecule has 1 N–H and O–H groups in total. The molecule has 1 aromatic carbocycles. The smallest absolute Gasteiger partial charge is 0.329 e. The highest BCUT2D eigenvalue weighted by Gasteiger charge is 2.02. The summed E-state index contributed by atoms with van der Waals surface area (Å²) in [7, 11) is 2.17. The molecule has 11 heavy (non-hydrogen) atoms. The molecule has 0 unspecified atom stereocenters. The number of methoxy groups -OCH3 is 1. The van der Waals surface area contributed by atoms with Crippen molar-refractivity contribution in [2.75, 3.05) is 7.11 Å². The van der Waals surface area contributed by atoms with Gasteiger partial charge in [0, 0.05) is 6.07 Å². The van der Waals surface area contributed by atoms with Crippen LogP contribution in [0.15, 0.2) is 18.2 Å². The zero-order chi connectivity index (χ0) is 8.27. The van der Waals surface area contributed by atoms with Crippen LogP contribution in [0.3, 0.4) is 0 Å². The summed E-state index contributed by atoms with van der Waals surface area (Å²) < 4.78 is 17.5. The SMILES string of the molecule is COc1ccc([B]O)c(F)c1. The molecular weight excluding hydrogens is 146 g/mol. The monoisotopic (exact) mass is 153 g/mol. The lowest BCUT2D eigenvalue weighted by molar-refractivity contribution is 0.411. The first kappa shape index (κ1) is 8.08. The first-order chi connectivity index (χ1) is 5.27. The van der Waals surface area contributed by atoms with Gasteiger partial charge in [-0.1, -0.05) is 6.07 Å². The van der Waals surface area contributed by atoms with E-state index < -0.39 is 5.82 Å². The highest BCUT2D eigenvalue weighted by Crippen LogP contribution is 2.08. The van der Waals surface area contributed by atoms with Crippen molar-refractivity contribution in [1.29, 1.82) is 0 Å². The molecule has 1 aromatic rings. The van der Waals surface area contributed by atoms with E-state index in [0.29, 0.717) is 5.75 Å². The van der Waals surface area contributed by atoms with E-state index in [4.69, 9.17) is 9.76 Å². The topological polar surface area (TPSA) is 29.5 Å². The summed E-state index contributed by atoms with van der Waals surface area (Å²) in [5.41, 5.74) is 0.158. The lowest BCUT2D eigenvalue weighted by Gasteiger charge is -2.00. The number of ether oxygens (including phenoxy) is 1. The summed E-state index contributed by atoms with van der Waals surface area (Å²) in [5.74, 6) is -0.0556. The fraction of sp³-hybridized carbons (Fsp3) is 0.143. The van der Waals surface area contributed by atoms with Crippen LogP contribution in [-0.4, -0.2) is 19.6 Å². The summed E-state index contributed by atoms with van der Waals surface area (Å²) in [5, 5.41) is 8.48. The second kappa shape index (κ2) is 3.39. The van der Waals surface area contributed by atoms with Gasteiger partial charge >= 0.3 is 7.48 Å². The van der Waals surface area contributed by atoms with Gasteiger partial charge in [0.1, 0.15) is 11.6 Å². The maximum atomic E-state index is 12.8. The molecule has 2 nitrogen and oxygen atoms in total. The van der Waals surface area contributed by atoms with Gasteiger partial charge in [-0.25, -0.2) is 4.39 Å². The van der Waals surface area contributed by atoms with Crippen LogP contribution < -0.4 is 10.2 Å². The Hall–Kier alpha value is -1.03. The molecule has 1 rings (SSSR count). The van der Waals surface area contributed by atoms with Crippen molar-refractivity contribution >= 4 is 12.9 Å². The third kappa shape index (κ3) is 1.71. The van der Waals surface area contributed by atoms with Crippen LogP contribution in [0.1, 0.15) is 0 Å². The van der Waals surface area contributed by atoms with Crippen molar-refractivity contribution < 1.29 is 14.2 Å². The van der Waals surface area contributed by atoms with Gasteiger partial charge in [-0.15, -0.1) is 0 Å². The van der Waals surface area contributed by atoms with Crippen molar-refractivity contribution in [1.82, 2.24) is 0 Å². The minimum absolute atomic E-state index is 0.158. The first-order valence-electron chi connectivity index (χ1n) is 3.09. The van der Waals surface area contributed by atoms with Crippen LogP contribution in [0, 0.1) is 5.82 Å². The Kier molecular flexibility index (Phi) is 2.49. The summed E-state index contributed by atoms with van der Waals surface area (Å²) in [6.07, 6.45) is 0. The van der Waals surface area contributed by atoms with E-state index in [1.54, 1.807) is 6.07 Å². The lowest BCUT2D eigenvalue weighted by atomic mass is 9.88. The molecule has 0 aliphatic heterocycles. The van der Waals surface area contributed by atoms with Gasteiger partial charge in [-0.2, -0.15) is 0 Å². The van der Waals surface area contributed by atoms with Gasteiger partial charge in [0.15, 0.2) is 0 Å². The normalized spacial score (nSPS) is 9.36. The van der Waals surface area contributed by atoms with Crippen LogP contribution in [0.5, 0.6) is 5.75 Å². The molecule has 0 atom stereocenters. The highest BCUT2D eigenvalue weighted by molar-refractivity contribution is 6.45. The molecule has 0 amide bonds. The quantitative estimate of drug-likeness (QED) is 0.609. The Bertz CT molecular complexity index is 252. The van der Waals surface area contributed by atoms with Crippen molar-refractivity contribution in [2.24, 2.45) is 0 Å². The Morgan fingerprint density at radius 1 is 1.55 bits per heavy atom. The van der Waals surface area contributed by atoms with E-state index in [0.717, 1.165) is 7.48 Å². The van der Waals surface area contributed by atoms with Crippen LogP contribution >= 0.6 is 0 Å². The zero-order valence-corrected chi connectivity index (χ0v) is 6.04. The predicted molar refractivity (Wildman–Crippen MR) is 40.6 cm³/mol. The maximum absolute atomic E-state index is 12.8. The Balaban J connectivity index is 2.99. The Labute approximate surface area is 64.9 Å². The van der Waals surface area contributed by atoms with Crippen LogP contribution in [0.2, 0.25) is 0 Å². The number of halogens is 1. The summed E-state index contributed by atoms with van der Waals surface area (Å²) in [6.45, 7) is 0. The van der Waals surface area contributed by atoms with Gasteiger partial charge < -0.3 is 9.76 Å². The maximum Gasteiger partial charge on any atom is 0.329 e. The molecular formula is C7H7BFO2. The second-order valence-corrected chi connectivity index (χ2v) is 2.02. The Morgan fingerprint density at radius 3 is 2.73 bits per heavy atom. The first-order valence-corrected chi connectivity index (χ1v) is 3.09. The summed E-state index contributed by atoms with van der Waals surface area (Å²) >= 11 is 0. The highest BCUT2D eigenvalue weighted by atomic mass is 19.1. The molecule has 4 heteroatoms. The second-order valence-electron chi connectivity index (χ2n) is 2.02. The van der Waals surface area contributed by atoms with Crippen LogP contribution in [-0.2, 0) is 0 Å². The largest absolute Gasteiger partial charge is 0.497 e. The molecule has 0 aromatic heterocycles. The molecule has 57 valence electrons. The summed E-state index contributed by atoms with van der Waals surface area (Å²) in [4.78, 5) is 0. The van der Waals surface area contributed by atoms with Crippen molar-refractivity contribution in [3.8, 4) is 5.75 Å². The van der Waals surface area contributed by atoms with Gasteiger partial charge in [0.05, 0.1) is 7.11 Å². The fourth-order valence-corrected chi connectivity index (χ4v) is 0.740. The van der Waals surface area contributed by atoms with E-state index in [1.807, 2.05) is 0 Å². The molecule has 0 bridgehead atoms. The van der Waals surface area contributed by atoms with Gasteiger partial charge in [0.2, 0.25) is 0 Å². The molecule has 0 spiro atoms. The van der Waals surface area contributed by atoms with Crippen molar-refractivity contribution in [3.63, 3.8) is 0 Å². The number of hydrogen-bond acceptors (Lipinski definition) is 2. The number of hydrogen-bond donors (Lipinski definition) is 1. The molecule has 0 fully saturated rings. The predicted octanol–water partition coefficient (Wildman–Crippen LogP) is 0.0711. The third-order valence-electron chi connectivity index (χ3n) is 1.35. The van der Waals surface area contributed by atoms with E-state index in [9.17, 15) is 4.39 Å². The average molecular weight is 153 g/mol. The van der Waals surface area contributed by atoms with Crippen molar-refractivity contribution in [3.05, 3.63) is 24.0 Å². The molecule has 0 heterocycles. The van der Waals surface area contributed by atoms with E-state index in [1.165, 1.54) is 19.2 Å². The molecule has 0 saturated heterocycles. The molecule has 0 aliphatic rings. The van der Waals surface area contributed by atoms with Crippen molar-refractivity contribution in [2.45, 2.75) is 0 Å². The van der Waals surface area contributed by atoms with Gasteiger partial charge in [-0.3, -0.25) is 0 Å². The van der Waals surface area contributed by atoms with Gasteiger partial charge in [0.25, 0.3) is 0 Å². The number of rotatable bonds is 2. The lowest BCUT2D eigenvalue weighted by Crippen LogP contribution is -2.17. The van der Waals surface area contributed by atoms with Gasteiger partial charge in [-0.05, 0) is 11.5 Å².